The predicted molar refractivity (Wildman–Crippen MR) is 87.8 cm³/mol. The first-order chi connectivity index (χ1) is 11.6. The summed E-state index contributed by atoms with van der Waals surface area (Å²) in [5, 5.41) is 12.2. The fourth-order valence-electron chi connectivity index (χ4n) is 2.14. The molecule has 118 valence electrons. The molecule has 0 unspecified atom stereocenters. The molecule has 0 atom stereocenters. The van der Waals surface area contributed by atoms with Crippen LogP contribution in [0.5, 0.6) is 5.75 Å². The maximum absolute atomic E-state index is 11.9. The monoisotopic (exact) mass is 320 g/mol. The summed E-state index contributed by atoms with van der Waals surface area (Å²) in [7, 11) is 0. The molecule has 3 rings (SSSR count). The maximum atomic E-state index is 11.9. The Morgan fingerprint density at radius 1 is 1.17 bits per heavy atom. The highest BCUT2D eigenvalue weighted by Crippen LogP contribution is 2.19. The van der Waals surface area contributed by atoms with Crippen molar-refractivity contribution in [2.45, 2.75) is 0 Å². The number of benzene rings is 2. The summed E-state index contributed by atoms with van der Waals surface area (Å²) >= 11 is 0. The summed E-state index contributed by atoms with van der Waals surface area (Å²) < 4.78 is 10.5. The topological polar surface area (TPSA) is 92.3 Å². The van der Waals surface area contributed by atoms with Crippen LogP contribution < -0.4 is 15.7 Å². The van der Waals surface area contributed by atoms with Gasteiger partial charge >= 0.3 is 5.63 Å². The van der Waals surface area contributed by atoms with Crippen LogP contribution in [0.3, 0.4) is 0 Å². The van der Waals surface area contributed by atoms with Crippen molar-refractivity contribution in [3.8, 4) is 11.8 Å². The van der Waals surface area contributed by atoms with Crippen LogP contribution in [0.25, 0.3) is 11.0 Å². The van der Waals surface area contributed by atoms with E-state index in [1.54, 1.807) is 48.5 Å². The molecule has 0 bridgehead atoms. The SMILES string of the molecule is N#Cc1cccc(NC(=O)COc2ccc3ccc(=O)oc3c2)c1. The average Bonchev–Trinajstić information content (AvgIpc) is 2.59. The number of hydrogen-bond acceptors (Lipinski definition) is 5. The average molecular weight is 320 g/mol. The minimum Gasteiger partial charge on any atom is -0.484 e. The first kappa shape index (κ1) is 15.3. The summed E-state index contributed by atoms with van der Waals surface area (Å²) in [6.07, 6.45) is 0. The second-order valence-corrected chi connectivity index (χ2v) is 4.98. The molecule has 0 aliphatic carbocycles. The summed E-state index contributed by atoms with van der Waals surface area (Å²) in [5.74, 6) is 0.0532. The molecule has 1 N–H and O–H groups in total. The third-order valence-corrected chi connectivity index (χ3v) is 3.24. The Balaban J connectivity index is 1.65. The van der Waals surface area contributed by atoms with E-state index in [1.807, 2.05) is 6.07 Å². The van der Waals surface area contributed by atoms with E-state index in [0.29, 0.717) is 22.6 Å². The number of hydrogen-bond donors (Lipinski definition) is 1. The fourth-order valence-corrected chi connectivity index (χ4v) is 2.14. The Bertz CT molecular complexity index is 1000. The van der Waals surface area contributed by atoms with Crippen LogP contribution in [0.1, 0.15) is 5.56 Å². The first-order valence-electron chi connectivity index (χ1n) is 7.11. The number of fused-ring (bicyclic) bond motifs is 1. The molecule has 0 saturated heterocycles. The van der Waals surface area contributed by atoms with Crippen molar-refractivity contribution in [3.05, 3.63) is 70.6 Å². The van der Waals surface area contributed by atoms with Gasteiger partial charge in [-0.1, -0.05) is 6.07 Å². The fraction of sp³-hybridized carbons (Fsp3) is 0.0556. The molecule has 1 aromatic heterocycles. The summed E-state index contributed by atoms with van der Waals surface area (Å²) in [6, 6.07) is 16.6. The van der Waals surface area contributed by atoms with Crippen LogP contribution in [-0.4, -0.2) is 12.5 Å². The largest absolute Gasteiger partial charge is 0.484 e. The number of carbonyl (C=O) groups is 1. The van der Waals surface area contributed by atoms with E-state index in [2.05, 4.69) is 5.32 Å². The highest BCUT2D eigenvalue weighted by molar-refractivity contribution is 5.92. The van der Waals surface area contributed by atoms with Crippen molar-refractivity contribution in [3.63, 3.8) is 0 Å². The molecule has 1 heterocycles. The smallest absolute Gasteiger partial charge is 0.336 e. The molecule has 0 spiro atoms. The molecule has 2 aromatic carbocycles. The molecule has 0 saturated carbocycles. The van der Waals surface area contributed by atoms with Gasteiger partial charge in [-0.2, -0.15) is 5.26 Å². The van der Waals surface area contributed by atoms with Crippen LogP contribution in [0.15, 0.2) is 63.8 Å². The van der Waals surface area contributed by atoms with Crippen molar-refractivity contribution >= 4 is 22.6 Å². The standard InChI is InChI=1S/C18H12N2O4/c19-10-12-2-1-3-14(8-12)20-17(21)11-23-15-6-4-13-5-7-18(22)24-16(13)9-15/h1-9H,11H2,(H,20,21). The molecule has 24 heavy (non-hydrogen) atoms. The van der Waals surface area contributed by atoms with Gasteiger partial charge in [-0.3, -0.25) is 4.79 Å². The number of carbonyl (C=O) groups excluding carboxylic acids is 1. The lowest BCUT2D eigenvalue weighted by molar-refractivity contribution is -0.118. The van der Waals surface area contributed by atoms with Crippen molar-refractivity contribution in [1.82, 2.24) is 0 Å². The third-order valence-electron chi connectivity index (χ3n) is 3.24. The van der Waals surface area contributed by atoms with Crippen LogP contribution in [0.4, 0.5) is 5.69 Å². The second-order valence-electron chi connectivity index (χ2n) is 4.98. The van der Waals surface area contributed by atoms with E-state index in [-0.39, 0.29) is 12.5 Å². The van der Waals surface area contributed by atoms with Gasteiger partial charge in [-0.05, 0) is 36.4 Å². The van der Waals surface area contributed by atoms with Gasteiger partial charge in [0.1, 0.15) is 11.3 Å². The number of anilines is 1. The zero-order chi connectivity index (χ0) is 16.9. The molecular formula is C18H12N2O4. The number of nitriles is 1. The van der Waals surface area contributed by atoms with E-state index in [4.69, 9.17) is 14.4 Å². The van der Waals surface area contributed by atoms with Crippen LogP contribution in [0, 0.1) is 11.3 Å². The zero-order valence-electron chi connectivity index (χ0n) is 12.5. The predicted octanol–water partition coefficient (Wildman–Crippen LogP) is 2.68. The summed E-state index contributed by atoms with van der Waals surface area (Å²) in [5.41, 5.74) is 0.919. The molecule has 6 heteroatoms. The maximum Gasteiger partial charge on any atom is 0.336 e. The normalized spacial score (nSPS) is 10.1. The Hall–Kier alpha value is -3.59. The number of nitrogens with one attached hydrogen (secondary N) is 1. The highest BCUT2D eigenvalue weighted by Gasteiger charge is 2.06. The Labute approximate surface area is 136 Å². The number of amides is 1. The van der Waals surface area contributed by atoms with Crippen molar-refractivity contribution in [2.24, 2.45) is 0 Å². The molecule has 0 fully saturated rings. The second kappa shape index (κ2) is 6.67. The lowest BCUT2D eigenvalue weighted by atomic mass is 10.2. The Kier molecular flexibility index (Phi) is 4.25. The van der Waals surface area contributed by atoms with Gasteiger partial charge in [0, 0.05) is 23.2 Å². The van der Waals surface area contributed by atoms with Gasteiger partial charge in [-0.15, -0.1) is 0 Å². The Morgan fingerprint density at radius 3 is 2.83 bits per heavy atom. The van der Waals surface area contributed by atoms with Gasteiger partial charge < -0.3 is 14.5 Å². The van der Waals surface area contributed by atoms with E-state index in [1.165, 1.54) is 6.07 Å². The van der Waals surface area contributed by atoms with Gasteiger partial charge in [0.2, 0.25) is 0 Å². The quantitative estimate of drug-likeness (QED) is 0.746. The van der Waals surface area contributed by atoms with Crippen molar-refractivity contribution in [2.75, 3.05) is 11.9 Å². The lowest BCUT2D eigenvalue weighted by Gasteiger charge is -2.08. The molecule has 0 aliphatic rings. The Morgan fingerprint density at radius 2 is 2.00 bits per heavy atom. The van der Waals surface area contributed by atoms with Crippen LogP contribution in [0.2, 0.25) is 0 Å². The van der Waals surface area contributed by atoms with Crippen LogP contribution >= 0.6 is 0 Å². The van der Waals surface area contributed by atoms with Gasteiger partial charge in [0.25, 0.3) is 5.91 Å². The van der Waals surface area contributed by atoms with E-state index in [0.717, 1.165) is 5.39 Å². The van der Waals surface area contributed by atoms with E-state index >= 15 is 0 Å². The van der Waals surface area contributed by atoms with Gasteiger partial charge in [-0.25, -0.2) is 4.79 Å². The van der Waals surface area contributed by atoms with Crippen LogP contribution in [-0.2, 0) is 4.79 Å². The number of rotatable bonds is 4. The minimum absolute atomic E-state index is 0.209. The molecular weight excluding hydrogens is 308 g/mol. The molecule has 6 nitrogen and oxygen atoms in total. The third kappa shape index (κ3) is 3.59. The van der Waals surface area contributed by atoms with E-state index < -0.39 is 5.63 Å². The number of ether oxygens (including phenoxy) is 1. The summed E-state index contributed by atoms with van der Waals surface area (Å²) in [6.45, 7) is -0.209. The first-order valence-corrected chi connectivity index (χ1v) is 7.11. The minimum atomic E-state index is -0.449. The number of nitrogens with zero attached hydrogens (tertiary/aromatic N) is 1. The van der Waals surface area contributed by atoms with E-state index in [9.17, 15) is 9.59 Å². The van der Waals surface area contributed by atoms with Crippen molar-refractivity contribution in [1.29, 1.82) is 5.26 Å². The van der Waals surface area contributed by atoms with Crippen molar-refractivity contribution < 1.29 is 13.9 Å². The lowest BCUT2D eigenvalue weighted by Crippen LogP contribution is -2.20. The molecule has 3 aromatic rings. The molecule has 1 amide bonds. The van der Waals surface area contributed by atoms with Gasteiger partial charge in [0.05, 0.1) is 11.6 Å². The van der Waals surface area contributed by atoms with Gasteiger partial charge in [0.15, 0.2) is 6.61 Å². The molecule has 0 aliphatic heterocycles. The summed E-state index contributed by atoms with van der Waals surface area (Å²) in [4.78, 5) is 23.1. The zero-order valence-corrected chi connectivity index (χ0v) is 12.5. The highest BCUT2D eigenvalue weighted by atomic mass is 16.5. The molecule has 0 radical (unpaired) electrons.